The van der Waals surface area contributed by atoms with Crippen LogP contribution in [0.2, 0.25) is 0 Å². The highest BCUT2D eigenvalue weighted by atomic mass is 19.1. The fourth-order valence-electron chi connectivity index (χ4n) is 2.84. The first-order valence-electron chi connectivity index (χ1n) is 8.14. The summed E-state index contributed by atoms with van der Waals surface area (Å²) in [6.07, 6.45) is 0.311. The molecule has 0 saturated carbocycles. The van der Waals surface area contributed by atoms with Gasteiger partial charge < -0.3 is 5.11 Å². The van der Waals surface area contributed by atoms with Crippen LogP contribution in [-0.4, -0.2) is 14.9 Å². The third-order valence-electron chi connectivity index (χ3n) is 4.20. The Balaban J connectivity index is 2.17. The van der Waals surface area contributed by atoms with Gasteiger partial charge in [0.2, 0.25) is 0 Å². The molecule has 25 heavy (non-hydrogen) atoms. The predicted octanol–water partition coefficient (Wildman–Crippen LogP) is 3.67. The lowest BCUT2D eigenvalue weighted by molar-refractivity contribution is 0.454. The lowest BCUT2D eigenvalue weighted by Crippen LogP contribution is -2.25. The normalized spacial score (nSPS) is 10.8. The Morgan fingerprint density at radius 3 is 2.44 bits per heavy atom. The van der Waals surface area contributed by atoms with Gasteiger partial charge in [0, 0.05) is 13.0 Å². The second-order valence-corrected chi connectivity index (χ2v) is 5.91. The minimum absolute atomic E-state index is 0.117. The van der Waals surface area contributed by atoms with E-state index in [0.717, 1.165) is 11.1 Å². The monoisotopic (exact) mass is 338 g/mol. The number of aromatic hydroxyl groups is 1. The van der Waals surface area contributed by atoms with E-state index < -0.39 is 0 Å². The van der Waals surface area contributed by atoms with Crippen LogP contribution in [0.15, 0.2) is 53.3 Å². The van der Waals surface area contributed by atoms with E-state index >= 15 is 0 Å². The summed E-state index contributed by atoms with van der Waals surface area (Å²) in [4.78, 5) is 12.7. The molecule has 0 aliphatic rings. The molecule has 0 aliphatic carbocycles. The van der Waals surface area contributed by atoms with Crippen LogP contribution in [0.3, 0.4) is 0 Å². The van der Waals surface area contributed by atoms with Gasteiger partial charge >= 0.3 is 0 Å². The van der Waals surface area contributed by atoms with Crippen molar-refractivity contribution in [3.63, 3.8) is 0 Å². The van der Waals surface area contributed by atoms with Crippen molar-refractivity contribution in [2.45, 2.75) is 26.8 Å². The largest absolute Gasteiger partial charge is 0.505 e. The maximum absolute atomic E-state index is 13.1. The van der Waals surface area contributed by atoms with Gasteiger partial charge in [0.05, 0.1) is 5.56 Å². The zero-order valence-corrected chi connectivity index (χ0v) is 14.2. The molecule has 0 amide bonds. The number of benzene rings is 2. The standard InChI is InChI=1S/C20H19FN2O2/c1-3-23-20(25)18(16-7-5-4-6-13(16)2)19(24)17(22-23)12-14-8-10-15(21)11-9-14/h4-11,24H,3,12H2,1-2H3. The Kier molecular flexibility index (Phi) is 4.65. The smallest absolute Gasteiger partial charge is 0.278 e. The summed E-state index contributed by atoms with van der Waals surface area (Å²) < 4.78 is 14.4. The van der Waals surface area contributed by atoms with E-state index in [9.17, 15) is 14.3 Å². The maximum Gasteiger partial charge on any atom is 0.278 e. The fourth-order valence-corrected chi connectivity index (χ4v) is 2.84. The van der Waals surface area contributed by atoms with E-state index in [0.29, 0.717) is 24.2 Å². The molecule has 0 radical (unpaired) electrons. The van der Waals surface area contributed by atoms with Crippen LogP contribution in [0.1, 0.15) is 23.7 Å². The molecule has 1 aromatic heterocycles. The van der Waals surface area contributed by atoms with E-state index in [1.807, 2.05) is 38.1 Å². The number of nitrogens with zero attached hydrogens (tertiary/aromatic N) is 2. The first-order valence-corrected chi connectivity index (χ1v) is 8.14. The Morgan fingerprint density at radius 1 is 1.12 bits per heavy atom. The third kappa shape index (κ3) is 3.31. The summed E-state index contributed by atoms with van der Waals surface area (Å²) in [7, 11) is 0. The molecule has 0 spiro atoms. The highest BCUT2D eigenvalue weighted by Gasteiger charge is 2.19. The minimum Gasteiger partial charge on any atom is -0.505 e. The molecule has 4 nitrogen and oxygen atoms in total. The van der Waals surface area contributed by atoms with Crippen molar-refractivity contribution in [1.29, 1.82) is 0 Å². The molecular formula is C20H19FN2O2. The number of aryl methyl sites for hydroxylation is 2. The van der Waals surface area contributed by atoms with Gasteiger partial charge in [0.25, 0.3) is 5.56 Å². The highest BCUT2D eigenvalue weighted by Crippen LogP contribution is 2.31. The summed E-state index contributed by atoms with van der Waals surface area (Å²) in [6, 6.07) is 13.4. The zero-order chi connectivity index (χ0) is 18.0. The zero-order valence-electron chi connectivity index (χ0n) is 14.2. The van der Waals surface area contributed by atoms with Crippen molar-refractivity contribution in [3.8, 4) is 16.9 Å². The quantitative estimate of drug-likeness (QED) is 0.789. The van der Waals surface area contributed by atoms with Crippen LogP contribution in [0.25, 0.3) is 11.1 Å². The SMILES string of the molecule is CCn1nc(Cc2ccc(F)cc2)c(O)c(-c2ccccc2C)c1=O. The first kappa shape index (κ1) is 16.9. The molecule has 3 aromatic rings. The van der Waals surface area contributed by atoms with Gasteiger partial charge in [-0.3, -0.25) is 4.79 Å². The molecule has 2 aromatic carbocycles. The van der Waals surface area contributed by atoms with Gasteiger partial charge in [-0.1, -0.05) is 36.4 Å². The van der Waals surface area contributed by atoms with Crippen LogP contribution in [0.5, 0.6) is 5.75 Å². The van der Waals surface area contributed by atoms with Crippen molar-refractivity contribution in [2.75, 3.05) is 0 Å². The Hall–Kier alpha value is -2.95. The van der Waals surface area contributed by atoms with Crippen molar-refractivity contribution in [3.05, 3.63) is 81.5 Å². The van der Waals surface area contributed by atoms with E-state index in [4.69, 9.17) is 0 Å². The molecule has 0 aliphatic heterocycles. The topological polar surface area (TPSA) is 55.1 Å². The predicted molar refractivity (Wildman–Crippen MR) is 95.2 cm³/mol. The van der Waals surface area contributed by atoms with Gasteiger partial charge in [-0.15, -0.1) is 0 Å². The van der Waals surface area contributed by atoms with E-state index in [1.165, 1.54) is 16.8 Å². The number of rotatable bonds is 4. The Bertz CT molecular complexity index is 962. The van der Waals surface area contributed by atoms with Gasteiger partial charge in [-0.2, -0.15) is 5.10 Å². The van der Waals surface area contributed by atoms with Crippen LogP contribution in [0.4, 0.5) is 4.39 Å². The molecule has 5 heteroatoms. The van der Waals surface area contributed by atoms with Crippen molar-refractivity contribution >= 4 is 0 Å². The van der Waals surface area contributed by atoms with E-state index in [-0.39, 0.29) is 22.7 Å². The minimum atomic E-state index is -0.322. The number of hydrogen-bond acceptors (Lipinski definition) is 3. The molecule has 3 rings (SSSR count). The van der Waals surface area contributed by atoms with Crippen LogP contribution < -0.4 is 5.56 Å². The summed E-state index contributed by atoms with van der Waals surface area (Å²) in [5, 5.41) is 15.0. The molecule has 0 atom stereocenters. The Labute approximate surface area is 145 Å². The molecule has 128 valence electrons. The summed E-state index contributed by atoms with van der Waals surface area (Å²) in [5.41, 5.74) is 2.73. The molecule has 0 unspecified atom stereocenters. The average molecular weight is 338 g/mol. The highest BCUT2D eigenvalue weighted by molar-refractivity contribution is 5.72. The molecule has 1 heterocycles. The van der Waals surface area contributed by atoms with Crippen molar-refractivity contribution in [1.82, 2.24) is 9.78 Å². The van der Waals surface area contributed by atoms with Gasteiger partial charge in [0.15, 0.2) is 5.75 Å². The van der Waals surface area contributed by atoms with E-state index in [1.54, 1.807) is 12.1 Å². The van der Waals surface area contributed by atoms with Crippen LogP contribution >= 0.6 is 0 Å². The Morgan fingerprint density at radius 2 is 1.80 bits per heavy atom. The number of halogens is 1. The molecule has 0 saturated heterocycles. The summed E-state index contributed by atoms with van der Waals surface area (Å²) in [5.74, 6) is -0.437. The van der Waals surface area contributed by atoms with E-state index in [2.05, 4.69) is 5.10 Å². The number of hydrogen-bond donors (Lipinski definition) is 1. The number of aromatic nitrogens is 2. The first-order chi connectivity index (χ1) is 12.0. The summed E-state index contributed by atoms with van der Waals surface area (Å²) >= 11 is 0. The van der Waals surface area contributed by atoms with Crippen molar-refractivity contribution in [2.24, 2.45) is 0 Å². The second kappa shape index (κ2) is 6.89. The fraction of sp³-hybridized carbons (Fsp3) is 0.200. The molecule has 0 bridgehead atoms. The van der Waals surface area contributed by atoms with Gasteiger partial charge in [-0.25, -0.2) is 9.07 Å². The second-order valence-electron chi connectivity index (χ2n) is 5.91. The van der Waals surface area contributed by atoms with Gasteiger partial charge in [-0.05, 0) is 42.7 Å². The maximum atomic E-state index is 13.1. The average Bonchev–Trinajstić information content (AvgIpc) is 2.61. The van der Waals surface area contributed by atoms with Crippen LogP contribution in [0, 0.1) is 12.7 Å². The molecule has 0 fully saturated rings. The van der Waals surface area contributed by atoms with Gasteiger partial charge in [0.1, 0.15) is 11.5 Å². The van der Waals surface area contributed by atoms with Crippen molar-refractivity contribution < 1.29 is 9.50 Å². The lowest BCUT2D eigenvalue weighted by atomic mass is 9.99. The summed E-state index contributed by atoms with van der Waals surface area (Å²) in [6.45, 7) is 4.12. The van der Waals surface area contributed by atoms with Crippen LogP contribution in [-0.2, 0) is 13.0 Å². The lowest BCUT2D eigenvalue weighted by Gasteiger charge is -2.14. The molecular weight excluding hydrogens is 319 g/mol. The molecule has 1 N–H and O–H groups in total. The third-order valence-corrected chi connectivity index (χ3v) is 4.20.